The van der Waals surface area contributed by atoms with Crippen LogP contribution in [0.3, 0.4) is 0 Å². The third-order valence-electron chi connectivity index (χ3n) is 1.73. The molecule has 3 atom stereocenters. The molecule has 0 aliphatic carbocycles. The summed E-state index contributed by atoms with van der Waals surface area (Å²) in [5.74, 6) is 1.17. The third kappa shape index (κ3) is 2.72. The van der Waals surface area contributed by atoms with Crippen LogP contribution >= 0.6 is 28.4 Å². The number of hydrogen-bond acceptors (Lipinski definition) is 4. The van der Waals surface area contributed by atoms with Gasteiger partial charge in [0, 0.05) is 5.56 Å². The summed E-state index contributed by atoms with van der Waals surface area (Å²) in [6.07, 6.45) is 0. The van der Waals surface area contributed by atoms with E-state index in [-0.39, 0.29) is 5.76 Å². The first-order chi connectivity index (χ1) is 7.13. The molecule has 0 aliphatic rings. The van der Waals surface area contributed by atoms with Gasteiger partial charge in [-0.15, -0.1) is 0 Å². The van der Waals surface area contributed by atoms with Crippen molar-refractivity contribution in [3.05, 3.63) is 24.3 Å². The van der Waals surface area contributed by atoms with Crippen LogP contribution in [0, 0.1) is 0 Å². The van der Waals surface area contributed by atoms with Crippen molar-refractivity contribution in [2.45, 2.75) is 0 Å². The van der Waals surface area contributed by atoms with Crippen LogP contribution in [0.2, 0.25) is 0 Å². The molecule has 1 aromatic carbocycles. The molecule has 0 heterocycles. The lowest BCUT2D eigenvalue weighted by Gasteiger charge is -2.12. The van der Waals surface area contributed by atoms with E-state index >= 15 is 0 Å². The maximum Gasteiger partial charge on any atom is 0.206 e. The highest BCUT2D eigenvalue weighted by Crippen LogP contribution is 2.42. The van der Waals surface area contributed by atoms with Crippen molar-refractivity contribution in [2.24, 2.45) is 0 Å². The van der Waals surface area contributed by atoms with Crippen molar-refractivity contribution in [3.8, 4) is 17.2 Å². The minimum absolute atomic E-state index is 0.0723. The standard InChI is InChI=1S/C8H11O4P3/c1-4(9)5-2-6(10-13)8(12-15)7(3-5)11-14/h2-3,9H,1,13-15H2. The van der Waals surface area contributed by atoms with Gasteiger partial charge in [-0.25, -0.2) is 0 Å². The van der Waals surface area contributed by atoms with E-state index in [2.05, 4.69) is 35.0 Å². The second-order valence-electron chi connectivity index (χ2n) is 2.60. The number of rotatable bonds is 4. The fraction of sp³-hybridized carbons (Fsp3) is 0. The van der Waals surface area contributed by atoms with E-state index in [1.165, 1.54) is 0 Å². The van der Waals surface area contributed by atoms with Crippen molar-refractivity contribution in [1.82, 2.24) is 0 Å². The Morgan fingerprint density at radius 2 is 1.53 bits per heavy atom. The van der Waals surface area contributed by atoms with Gasteiger partial charge in [0.15, 0.2) is 11.5 Å². The molecule has 0 saturated heterocycles. The van der Waals surface area contributed by atoms with Gasteiger partial charge in [-0.2, -0.15) is 0 Å². The Hall–Kier alpha value is -0.550. The van der Waals surface area contributed by atoms with Gasteiger partial charge >= 0.3 is 0 Å². The summed E-state index contributed by atoms with van der Waals surface area (Å²) >= 11 is 0. The van der Waals surface area contributed by atoms with Crippen molar-refractivity contribution in [3.63, 3.8) is 0 Å². The SMILES string of the molecule is C=C(O)c1cc(OP)c(OP)c(OP)c1. The Bertz CT molecular complexity index is 355. The van der Waals surface area contributed by atoms with Crippen LogP contribution in [-0.4, -0.2) is 5.11 Å². The average molecular weight is 264 g/mol. The van der Waals surface area contributed by atoms with Crippen LogP contribution < -0.4 is 13.6 Å². The Morgan fingerprint density at radius 3 is 1.80 bits per heavy atom. The molecule has 15 heavy (non-hydrogen) atoms. The molecule has 0 spiro atoms. The second-order valence-corrected chi connectivity index (χ2v) is 3.31. The Kier molecular flexibility index (Phi) is 4.60. The molecule has 0 amide bonds. The first-order valence-electron chi connectivity index (χ1n) is 3.80. The van der Waals surface area contributed by atoms with Crippen LogP contribution in [0.5, 0.6) is 17.2 Å². The molecule has 4 nitrogen and oxygen atoms in total. The molecule has 82 valence electrons. The number of aliphatic hydroxyl groups excluding tert-OH is 1. The molecule has 0 radical (unpaired) electrons. The van der Waals surface area contributed by atoms with Gasteiger partial charge in [0.1, 0.15) is 5.76 Å². The second kappa shape index (κ2) is 5.51. The summed E-state index contributed by atoms with van der Waals surface area (Å²) in [6.45, 7) is 3.42. The normalized spacial score (nSPS) is 9.53. The summed E-state index contributed by atoms with van der Waals surface area (Å²) in [5, 5.41) is 9.26. The Morgan fingerprint density at radius 1 is 1.07 bits per heavy atom. The molecule has 0 fully saturated rings. The van der Waals surface area contributed by atoms with Crippen LogP contribution in [0.4, 0.5) is 0 Å². The zero-order chi connectivity index (χ0) is 11.4. The molecular weight excluding hydrogens is 253 g/mol. The molecule has 0 saturated carbocycles. The smallest absolute Gasteiger partial charge is 0.206 e. The van der Waals surface area contributed by atoms with Crippen molar-refractivity contribution in [1.29, 1.82) is 0 Å². The first-order valence-corrected chi connectivity index (χ1v) is 5.22. The molecule has 0 bridgehead atoms. The predicted octanol–water partition coefficient (Wildman–Crippen LogP) is 2.72. The van der Waals surface area contributed by atoms with Crippen LogP contribution in [-0.2, 0) is 0 Å². The minimum Gasteiger partial charge on any atom is -0.508 e. The molecule has 1 aromatic rings. The minimum atomic E-state index is -0.0723. The highest BCUT2D eigenvalue weighted by Gasteiger charge is 2.14. The van der Waals surface area contributed by atoms with Crippen LogP contribution in [0.25, 0.3) is 5.76 Å². The number of aliphatic hydroxyl groups is 1. The summed E-state index contributed by atoms with van der Waals surface area (Å²) in [6, 6.07) is 3.17. The van der Waals surface area contributed by atoms with E-state index in [9.17, 15) is 5.11 Å². The van der Waals surface area contributed by atoms with Crippen LogP contribution in [0.1, 0.15) is 5.56 Å². The lowest BCUT2D eigenvalue weighted by molar-refractivity contribution is 0.507. The fourth-order valence-corrected chi connectivity index (χ4v) is 1.62. The maximum absolute atomic E-state index is 9.26. The van der Waals surface area contributed by atoms with E-state index in [0.717, 1.165) is 0 Å². The van der Waals surface area contributed by atoms with E-state index in [1.807, 2.05) is 0 Å². The molecule has 0 aliphatic heterocycles. The molecule has 3 unspecified atom stereocenters. The Balaban J connectivity index is 3.35. The Labute approximate surface area is 94.9 Å². The molecule has 7 heteroatoms. The van der Waals surface area contributed by atoms with Gasteiger partial charge in [-0.1, -0.05) is 6.58 Å². The van der Waals surface area contributed by atoms with E-state index < -0.39 is 0 Å². The maximum atomic E-state index is 9.26. The van der Waals surface area contributed by atoms with Gasteiger partial charge in [-0.3, -0.25) is 0 Å². The largest absolute Gasteiger partial charge is 0.508 e. The highest BCUT2D eigenvalue weighted by molar-refractivity contribution is 7.11. The summed E-state index contributed by atoms with van der Waals surface area (Å²) in [5.41, 5.74) is 0.496. The zero-order valence-electron chi connectivity index (χ0n) is 7.77. The van der Waals surface area contributed by atoms with Gasteiger partial charge in [0.25, 0.3) is 0 Å². The van der Waals surface area contributed by atoms with Crippen molar-refractivity contribution in [2.75, 3.05) is 0 Å². The lowest BCUT2D eigenvalue weighted by atomic mass is 10.1. The van der Waals surface area contributed by atoms with E-state index in [0.29, 0.717) is 22.8 Å². The summed E-state index contributed by atoms with van der Waals surface area (Å²) in [4.78, 5) is 0. The van der Waals surface area contributed by atoms with Crippen molar-refractivity contribution >= 4 is 34.2 Å². The zero-order valence-corrected chi connectivity index (χ0v) is 11.2. The monoisotopic (exact) mass is 264 g/mol. The first kappa shape index (κ1) is 12.5. The predicted molar refractivity (Wildman–Crippen MR) is 69.1 cm³/mol. The summed E-state index contributed by atoms with van der Waals surface area (Å²) in [7, 11) is 6.28. The highest BCUT2D eigenvalue weighted by atomic mass is 31.0. The van der Waals surface area contributed by atoms with Crippen molar-refractivity contribution < 1.29 is 18.7 Å². The van der Waals surface area contributed by atoms with Crippen LogP contribution in [0.15, 0.2) is 18.7 Å². The fourth-order valence-electron chi connectivity index (χ4n) is 1.03. The quantitative estimate of drug-likeness (QED) is 0.671. The third-order valence-corrected chi connectivity index (χ3v) is 2.47. The molecule has 1 rings (SSSR count). The van der Waals surface area contributed by atoms with Gasteiger partial charge in [-0.05, 0) is 12.1 Å². The lowest BCUT2D eigenvalue weighted by Crippen LogP contribution is -1.89. The summed E-state index contributed by atoms with van der Waals surface area (Å²) < 4.78 is 15.0. The molecular formula is C8H11O4P3. The topological polar surface area (TPSA) is 47.9 Å². The number of hydrogen-bond donors (Lipinski definition) is 1. The van der Waals surface area contributed by atoms with E-state index in [1.54, 1.807) is 12.1 Å². The van der Waals surface area contributed by atoms with Gasteiger partial charge < -0.3 is 18.7 Å². The molecule has 1 N–H and O–H groups in total. The molecule has 0 aromatic heterocycles. The van der Waals surface area contributed by atoms with Gasteiger partial charge in [0.05, 0.1) is 28.4 Å². The van der Waals surface area contributed by atoms with E-state index in [4.69, 9.17) is 13.6 Å². The number of benzene rings is 1. The average Bonchev–Trinajstić information content (AvgIpc) is 2.26. The van der Waals surface area contributed by atoms with Gasteiger partial charge in [0.2, 0.25) is 5.75 Å².